The molecule has 4 aromatic rings. The zero-order valence-electron chi connectivity index (χ0n) is 16.9. The standard InChI is InChI=1S/C26H25NO2S/c28-26(27-23-15-8-10-18-9-4-5-13-20(18)23)25-22(17-30-19-11-2-1-3-12-19)21-14-6-7-16-24(21)29-25/h4-10,13-16,19H,1-3,11-12,17H2,(H,27,28). The van der Waals surface area contributed by atoms with Gasteiger partial charge >= 0.3 is 0 Å². The van der Waals surface area contributed by atoms with Gasteiger partial charge in [-0.25, -0.2) is 0 Å². The minimum Gasteiger partial charge on any atom is -0.451 e. The molecule has 0 aliphatic heterocycles. The zero-order valence-corrected chi connectivity index (χ0v) is 17.7. The van der Waals surface area contributed by atoms with Crippen LogP contribution in [0.4, 0.5) is 5.69 Å². The molecule has 3 aromatic carbocycles. The number of furan rings is 1. The second-order valence-corrected chi connectivity index (χ2v) is 9.25. The molecule has 1 fully saturated rings. The van der Waals surface area contributed by atoms with E-state index in [1.165, 1.54) is 32.1 Å². The van der Waals surface area contributed by atoms with Gasteiger partial charge in [0.15, 0.2) is 5.76 Å². The van der Waals surface area contributed by atoms with Crippen molar-refractivity contribution in [2.24, 2.45) is 0 Å². The fraction of sp³-hybridized carbons (Fsp3) is 0.269. The van der Waals surface area contributed by atoms with E-state index in [-0.39, 0.29) is 5.91 Å². The molecular weight excluding hydrogens is 390 g/mol. The van der Waals surface area contributed by atoms with Crippen LogP contribution in [0.1, 0.15) is 48.2 Å². The van der Waals surface area contributed by atoms with E-state index in [1.807, 2.05) is 60.3 Å². The van der Waals surface area contributed by atoms with Crippen molar-refractivity contribution >= 4 is 45.1 Å². The fourth-order valence-corrected chi connectivity index (χ4v) is 5.73. The summed E-state index contributed by atoms with van der Waals surface area (Å²) in [5, 5.41) is 6.96. The number of benzene rings is 3. The van der Waals surface area contributed by atoms with Crippen molar-refractivity contribution < 1.29 is 9.21 Å². The summed E-state index contributed by atoms with van der Waals surface area (Å²) in [6.45, 7) is 0. The smallest absolute Gasteiger partial charge is 0.291 e. The van der Waals surface area contributed by atoms with Gasteiger partial charge in [-0.1, -0.05) is 73.9 Å². The molecule has 0 saturated heterocycles. The Morgan fingerprint density at radius 1 is 0.900 bits per heavy atom. The molecule has 1 aromatic heterocycles. The van der Waals surface area contributed by atoms with E-state index in [4.69, 9.17) is 4.42 Å². The molecule has 1 amide bonds. The molecule has 1 saturated carbocycles. The number of rotatable bonds is 5. The Balaban J connectivity index is 1.45. The second-order valence-electron chi connectivity index (χ2n) is 7.96. The van der Waals surface area contributed by atoms with Crippen LogP contribution in [-0.2, 0) is 5.75 Å². The molecule has 1 N–H and O–H groups in total. The van der Waals surface area contributed by atoms with E-state index in [0.29, 0.717) is 11.0 Å². The quantitative estimate of drug-likeness (QED) is 0.369. The van der Waals surface area contributed by atoms with Crippen molar-refractivity contribution in [3.05, 3.63) is 78.1 Å². The highest BCUT2D eigenvalue weighted by Gasteiger charge is 2.23. The van der Waals surface area contributed by atoms with Crippen LogP contribution in [0.5, 0.6) is 0 Å². The predicted octanol–water partition coefficient (Wildman–Crippen LogP) is 7.40. The number of hydrogen-bond acceptors (Lipinski definition) is 3. The van der Waals surface area contributed by atoms with Crippen LogP contribution in [-0.4, -0.2) is 11.2 Å². The van der Waals surface area contributed by atoms with Crippen LogP contribution in [0.2, 0.25) is 0 Å². The Morgan fingerprint density at radius 2 is 1.63 bits per heavy atom. The molecule has 5 rings (SSSR count). The summed E-state index contributed by atoms with van der Waals surface area (Å²) in [6.07, 6.45) is 6.54. The SMILES string of the molecule is O=C(Nc1cccc2ccccc12)c1oc2ccccc2c1CSC1CCCCC1. The molecule has 0 spiro atoms. The highest BCUT2D eigenvalue weighted by molar-refractivity contribution is 7.99. The maximum absolute atomic E-state index is 13.3. The van der Waals surface area contributed by atoms with E-state index < -0.39 is 0 Å². The van der Waals surface area contributed by atoms with Gasteiger partial charge < -0.3 is 9.73 Å². The van der Waals surface area contributed by atoms with Crippen LogP contribution < -0.4 is 5.32 Å². The minimum atomic E-state index is -0.179. The van der Waals surface area contributed by atoms with E-state index >= 15 is 0 Å². The highest BCUT2D eigenvalue weighted by atomic mass is 32.2. The summed E-state index contributed by atoms with van der Waals surface area (Å²) in [6, 6.07) is 22.0. The van der Waals surface area contributed by atoms with Crippen molar-refractivity contribution in [3.8, 4) is 0 Å². The van der Waals surface area contributed by atoms with Crippen LogP contribution >= 0.6 is 11.8 Å². The van der Waals surface area contributed by atoms with Crippen molar-refractivity contribution in [2.45, 2.75) is 43.1 Å². The third-order valence-corrected chi connectivity index (χ3v) is 7.36. The topological polar surface area (TPSA) is 42.2 Å². The van der Waals surface area contributed by atoms with Gasteiger partial charge in [-0.15, -0.1) is 0 Å². The van der Waals surface area contributed by atoms with Crippen LogP contribution in [0.15, 0.2) is 71.1 Å². The van der Waals surface area contributed by atoms with Gasteiger partial charge in [0, 0.05) is 33.0 Å². The van der Waals surface area contributed by atoms with E-state index in [1.54, 1.807) is 0 Å². The summed E-state index contributed by atoms with van der Waals surface area (Å²) in [5.74, 6) is 1.06. The molecule has 0 unspecified atom stereocenters. The number of amides is 1. The van der Waals surface area contributed by atoms with Gasteiger partial charge in [-0.2, -0.15) is 11.8 Å². The van der Waals surface area contributed by atoms with Gasteiger partial charge in [0.05, 0.1) is 0 Å². The summed E-state index contributed by atoms with van der Waals surface area (Å²) < 4.78 is 6.06. The molecule has 1 aliphatic carbocycles. The Kier molecular flexibility index (Phi) is 5.50. The van der Waals surface area contributed by atoms with Crippen LogP contribution in [0, 0.1) is 0 Å². The summed E-state index contributed by atoms with van der Waals surface area (Å²) in [5.41, 5.74) is 2.60. The number of thioether (sulfide) groups is 1. The summed E-state index contributed by atoms with van der Waals surface area (Å²) in [7, 11) is 0. The largest absolute Gasteiger partial charge is 0.451 e. The first kappa shape index (κ1) is 19.3. The molecule has 1 aliphatic rings. The molecule has 30 heavy (non-hydrogen) atoms. The highest BCUT2D eigenvalue weighted by Crippen LogP contribution is 2.35. The number of carbonyl (C=O) groups excluding carboxylic acids is 1. The Bertz CT molecular complexity index is 1180. The fourth-order valence-electron chi connectivity index (χ4n) is 4.37. The summed E-state index contributed by atoms with van der Waals surface area (Å²) >= 11 is 1.97. The number of fused-ring (bicyclic) bond motifs is 2. The lowest BCUT2D eigenvalue weighted by molar-refractivity contribution is 0.0998. The predicted molar refractivity (Wildman–Crippen MR) is 126 cm³/mol. The number of anilines is 1. The van der Waals surface area contributed by atoms with Crippen molar-refractivity contribution in [1.82, 2.24) is 0 Å². The lowest BCUT2D eigenvalue weighted by Crippen LogP contribution is -2.14. The molecule has 1 heterocycles. The van der Waals surface area contributed by atoms with E-state index in [2.05, 4.69) is 23.5 Å². The molecule has 3 nitrogen and oxygen atoms in total. The van der Waals surface area contributed by atoms with E-state index in [0.717, 1.165) is 38.7 Å². The molecule has 4 heteroatoms. The number of carbonyl (C=O) groups is 1. The number of nitrogens with one attached hydrogen (secondary N) is 1. The maximum Gasteiger partial charge on any atom is 0.291 e. The maximum atomic E-state index is 13.3. The summed E-state index contributed by atoms with van der Waals surface area (Å²) in [4.78, 5) is 13.3. The second kappa shape index (κ2) is 8.57. The van der Waals surface area contributed by atoms with Gasteiger partial charge in [0.25, 0.3) is 5.91 Å². The van der Waals surface area contributed by atoms with Gasteiger partial charge in [0.1, 0.15) is 5.58 Å². The molecular formula is C26H25NO2S. The Labute approximate surface area is 180 Å². The average Bonchev–Trinajstić information content (AvgIpc) is 3.17. The lowest BCUT2D eigenvalue weighted by atomic mass is 10.0. The van der Waals surface area contributed by atoms with E-state index in [9.17, 15) is 4.79 Å². The average molecular weight is 416 g/mol. The minimum absolute atomic E-state index is 0.179. The number of para-hydroxylation sites is 1. The first-order chi connectivity index (χ1) is 14.8. The monoisotopic (exact) mass is 415 g/mol. The van der Waals surface area contributed by atoms with Gasteiger partial charge in [-0.3, -0.25) is 4.79 Å². The number of hydrogen-bond donors (Lipinski definition) is 1. The third-order valence-electron chi connectivity index (χ3n) is 5.96. The molecule has 0 atom stereocenters. The molecule has 0 bridgehead atoms. The van der Waals surface area contributed by atoms with Gasteiger partial charge in [0.2, 0.25) is 0 Å². The van der Waals surface area contributed by atoms with Gasteiger partial charge in [-0.05, 0) is 30.4 Å². The van der Waals surface area contributed by atoms with Crippen molar-refractivity contribution in [2.75, 3.05) is 5.32 Å². The zero-order chi connectivity index (χ0) is 20.3. The van der Waals surface area contributed by atoms with Crippen LogP contribution in [0.25, 0.3) is 21.7 Å². The molecule has 152 valence electrons. The normalized spacial score (nSPS) is 14.9. The van der Waals surface area contributed by atoms with Crippen molar-refractivity contribution in [1.29, 1.82) is 0 Å². The molecule has 0 radical (unpaired) electrons. The first-order valence-electron chi connectivity index (χ1n) is 10.7. The van der Waals surface area contributed by atoms with Crippen molar-refractivity contribution in [3.63, 3.8) is 0 Å². The Hall–Kier alpha value is -2.72. The van der Waals surface area contributed by atoms with Crippen LogP contribution in [0.3, 0.4) is 0 Å². The third kappa shape index (κ3) is 3.84. The Morgan fingerprint density at radius 3 is 2.50 bits per heavy atom. The lowest BCUT2D eigenvalue weighted by Gasteiger charge is -2.20. The first-order valence-corrected chi connectivity index (χ1v) is 11.8.